The smallest absolute Gasteiger partial charge is 0.339 e. The highest BCUT2D eigenvalue weighted by Crippen LogP contribution is 2.32. The first-order chi connectivity index (χ1) is 14.1. The zero-order chi connectivity index (χ0) is 20.6. The summed E-state index contributed by atoms with van der Waals surface area (Å²) in [6.45, 7) is 1.50. The van der Waals surface area contributed by atoms with Crippen LogP contribution >= 0.6 is 11.8 Å². The molecule has 0 saturated heterocycles. The lowest BCUT2D eigenvalue weighted by molar-refractivity contribution is -0.119. The van der Waals surface area contributed by atoms with Crippen LogP contribution in [0.15, 0.2) is 82.6 Å². The highest BCUT2D eigenvalue weighted by Gasteiger charge is 2.16. The summed E-state index contributed by atoms with van der Waals surface area (Å²) < 4.78 is 5.21. The van der Waals surface area contributed by atoms with E-state index in [0.29, 0.717) is 21.7 Å². The minimum absolute atomic E-state index is 0.342. The van der Waals surface area contributed by atoms with Crippen LogP contribution in [0.3, 0.4) is 0 Å². The average molecular weight is 402 g/mol. The Balaban J connectivity index is 1.68. The van der Waals surface area contributed by atoms with Crippen LogP contribution in [-0.4, -0.2) is 18.5 Å². The summed E-state index contributed by atoms with van der Waals surface area (Å²) in [5.41, 5.74) is 2.47. The minimum atomic E-state index is -0.595. The fourth-order valence-corrected chi connectivity index (χ4v) is 3.61. The van der Waals surface area contributed by atoms with Crippen LogP contribution in [0.25, 0.3) is 0 Å². The van der Waals surface area contributed by atoms with Gasteiger partial charge in [0, 0.05) is 15.5 Å². The average Bonchev–Trinajstić information content (AvgIpc) is 2.74. The van der Waals surface area contributed by atoms with E-state index < -0.39 is 11.9 Å². The Morgan fingerprint density at radius 3 is 2.38 bits per heavy atom. The lowest BCUT2D eigenvalue weighted by Gasteiger charge is -2.11. The van der Waals surface area contributed by atoms with Crippen LogP contribution < -0.4 is 5.32 Å². The second kappa shape index (κ2) is 9.58. The number of nitrogens with zero attached hydrogens (tertiary/aromatic N) is 1. The fraction of sp³-hybridized carbons (Fsp3) is 0.0870. The summed E-state index contributed by atoms with van der Waals surface area (Å²) >= 11 is 1.31. The van der Waals surface area contributed by atoms with E-state index in [4.69, 9.17) is 4.74 Å². The maximum Gasteiger partial charge on any atom is 0.339 e. The molecule has 0 heterocycles. The first kappa shape index (κ1) is 20.2. The highest BCUT2D eigenvalue weighted by atomic mass is 32.2. The number of carbonyl (C=O) groups excluding carboxylic acids is 2. The van der Waals surface area contributed by atoms with E-state index in [1.807, 2.05) is 37.3 Å². The first-order valence-corrected chi connectivity index (χ1v) is 9.69. The van der Waals surface area contributed by atoms with Crippen molar-refractivity contribution in [2.24, 2.45) is 0 Å². The summed E-state index contributed by atoms with van der Waals surface area (Å²) in [5.74, 6) is -1.00. The molecular formula is C23H18N2O3S. The lowest BCUT2D eigenvalue weighted by Crippen LogP contribution is -2.21. The molecule has 0 unspecified atom stereocenters. The zero-order valence-electron chi connectivity index (χ0n) is 15.7. The topological polar surface area (TPSA) is 79.2 Å². The molecule has 0 aromatic heterocycles. The van der Waals surface area contributed by atoms with E-state index in [9.17, 15) is 14.9 Å². The molecule has 0 bridgehead atoms. The molecule has 6 heteroatoms. The Kier molecular flexibility index (Phi) is 6.67. The second-order valence-corrected chi connectivity index (χ2v) is 7.23. The Bertz CT molecular complexity index is 1090. The molecule has 144 valence electrons. The number of rotatable bonds is 6. The van der Waals surface area contributed by atoms with Crippen molar-refractivity contribution in [2.45, 2.75) is 16.7 Å². The van der Waals surface area contributed by atoms with Gasteiger partial charge >= 0.3 is 5.97 Å². The fourth-order valence-electron chi connectivity index (χ4n) is 2.60. The summed E-state index contributed by atoms with van der Waals surface area (Å²) in [6.07, 6.45) is 0. The number of anilines is 1. The van der Waals surface area contributed by atoms with Crippen LogP contribution in [0, 0.1) is 18.3 Å². The van der Waals surface area contributed by atoms with Gasteiger partial charge in [-0.25, -0.2) is 4.79 Å². The third-order valence-corrected chi connectivity index (χ3v) is 5.24. The maximum atomic E-state index is 12.6. The maximum absolute atomic E-state index is 12.6. The number of esters is 1. The number of aryl methyl sites for hydroxylation is 1. The number of hydrogen-bond donors (Lipinski definition) is 1. The van der Waals surface area contributed by atoms with Crippen molar-refractivity contribution in [1.82, 2.24) is 0 Å². The molecule has 1 amide bonds. The van der Waals surface area contributed by atoms with E-state index in [2.05, 4.69) is 11.4 Å². The number of nitrogens with one attached hydrogen (secondary N) is 1. The molecule has 0 fully saturated rings. The van der Waals surface area contributed by atoms with Gasteiger partial charge in [-0.3, -0.25) is 4.79 Å². The van der Waals surface area contributed by atoms with Crippen molar-refractivity contribution in [3.63, 3.8) is 0 Å². The van der Waals surface area contributed by atoms with Gasteiger partial charge in [-0.1, -0.05) is 54.2 Å². The summed E-state index contributed by atoms with van der Waals surface area (Å²) in [4.78, 5) is 26.1. The van der Waals surface area contributed by atoms with Crippen molar-refractivity contribution in [3.05, 3.63) is 89.5 Å². The number of amides is 1. The van der Waals surface area contributed by atoms with Crippen molar-refractivity contribution in [3.8, 4) is 6.07 Å². The van der Waals surface area contributed by atoms with Crippen LogP contribution in [0.5, 0.6) is 0 Å². The molecule has 0 aliphatic heterocycles. The van der Waals surface area contributed by atoms with Gasteiger partial charge in [0.25, 0.3) is 5.91 Å². The van der Waals surface area contributed by atoms with Crippen LogP contribution in [0.4, 0.5) is 5.69 Å². The number of ether oxygens (including phenoxy) is 1. The van der Waals surface area contributed by atoms with Crippen LogP contribution in [0.1, 0.15) is 21.5 Å². The van der Waals surface area contributed by atoms with Gasteiger partial charge in [0.15, 0.2) is 6.61 Å². The van der Waals surface area contributed by atoms with Crippen LogP contribution in [0.2, 0.25) is 0 Å². The molecule has 0 saturated carbocycles. The van der Waals surface area contributed by atoms with Gasteiger partial charge in [-0.15, -0.1) is 0 Å². The van der Waals surface area contributed by atoms with Gasteiger partial charge in [-0.05, 0) is 42.8 Å². The lowest BCUT2D eigenvalue weighted by atomic mass is 10.2. The number of carbonyl (C=O) groups is 2. The van der Waals surface area contributed by atoms with E-state index in [-0.39, 0.29) is 6.61 Å². The molecule has 0 radical (unpaired) electrons. The van der Waals surface area contributed by atoms with E-state index in [1.165, 1.54) is 11.8 Å². The summed E-state index contributed by atoms with van der Waals surface area (Å²) in [5, 5.41) is 12.0. The van der Waals surface area contributed by atoms with E-state index in [1.54, 1.807) is 42.5 Å². The largest absolute Gasteiger partial charge is 0.452 e. The molecule has 3 rings (SSSR count). The van der Waals surface area contributed by atoms with Gasteiger partial charge in [-0.2, -0.15) is 5.26 Å². The number of benzene rings is 3. The quantitative estimate of drug-likeness (QED) is 0.599. The molecule has 0 atom stereocenters. The van der Waals surface area contributed by atoms with Gasteiger partial charge < -0.3 is 10.1 Å². The van der Waals surface area contributed by atoms with E-state index >= 15 is 0 Å². The molecule has 5 nitrogen and oxygen atoms in total. The van der Waals surface area contributed by atoms with E-state index in [0.717, 1.165) is 10.5 Å². The molecule has 29 heavy (non-hydrogen) atoms. The number of nitriles is 1. The first-order valence-electron chi connectivity index (χ1n) is 8.87. The Hall–Kier alpha value is -3.56. The predicted octanol–water partition coefficient (Wildman–Crippen LogP) is 4.81. The Morgan fingerprint density at radius 2 is 1.62 bits per heavy atom. The standard InChI is InChI=1S/C23H18N2O3S/c1-16-8-2-5-11-19(16)25-22(26)15-28-23(27)18-10-4-7-13-21(18)29-20-12-6-3-9-17(20)14-24/h2-13H,15H2,1H3,(H,25,26). The van der Waals surface area contributed by atoms with Crippen molar-refractivity contribution in [2.75, 3.05) is 11.9 Å². The second-order valence-electron chi connectivity index (χ2n) is 6.15. The monoisotopic (exact) mass is 402 g/mol. The normalized spacial score (nSPS) is 10.1. The number of hydrogen-bond acceptors (Lipinski definition) is 5. The van der Waals surface area contributed by atoms with Gasteiger partial charge in [0.1, 0.15) is 6.07 Å². The molecule has 1 N–H and O–H groups in total. The molecular weight excluding hydrogens is 384 g/mol. The third-order valence-electron chi connectivity index (χ3n) is 4.09. The van der Waals surface area contributed by atoms with Crippen molar-refractivity contribution < 1.29 is 14.3 Å². The Morgan fingerprint density at radius 1 is 0.966 bits per heavy atom. The third kappa shape index (κ3) is 5.24. The number of para-hydroxylation sites is 1. The molecule has 0 aliphatic rings. The minimum Gasteiger partial charge on any atom is -0.452 e. The summed E-state index contributed by atoms with van der Waals surface area (Å²) in [7, 11) is 0. The summed E-state index contributed by atoms with van der Waals surface area (Å²) in [6, 6.07) is 23.6. The van der Waals surface area contributed by atoms with Crippen molar-refractivity contribution >= 4 is 29.3 Å². The van der Waals surface area contributed by atoms with Gasteiger partial charge in [0.2, 0.25) is 0 Å². The SMILES string of the molecule is Cc1ccccc1NC(=O)COC(=O)c1ccccc1Sc1ccccc1C#N. The zero-order valence-corrected chi connectivity index (χ0v) is 16.5. The molecule has 0 spiro atoms. The molecule has 3 aromatic carbocycles. The van der Waals surface area contributed by atoms with Crippen molar-refractivity contribution in [1.29, 1.82) is 5.26 Å². The molecule has 0 aliphatic carbocycles. The van der Waals surface area contributed by atoms with Gasteiger partial charge in [0.05, 0.1) is 11.1 Å². The predicted molar refractivity (Wildman–Crippen MR) is 112 cm³/mol. The van der Waals surface area contributed by atoms with Crippen LogP contribution in [-0.2, 0) is 9.53 Å². The highest BCUT2D eigenvalue weighted by molar-refractivity contribution is 7.99. The molecule has 3 aromatic rings. The Labute approximate surface area is 173 Å².